The number of rotatable bonds is 3. The van der Waals surface area contributed by atoms with Gasteiger partial charge in [-0.25, -0.2) is 0 Å². The highest BCUT2D eigenvalue weighted by molar-refractivity contribution is 5.74. The summed E-state index contributed by atoms with van der Waals surface area (Å²) < 4.78 is 4.73. The summed E-state index contributed by atoms with van der Waals surface area (Å²) in [5.41, 5.74) is -0.139. The van der Waals surface area contributed by atoms with Gasteiger partial charge in [0.05, 0.1) is 18.1 Å². The molecule has 86 valence electrons. The maximum atomic E-state index is 10.6. The number of ether oxygens (including phenoxy) is 1. The lowest BCUT2D eigenvalue weighted by Gasteiger charge is -1.99. The van der Waals surface area contributed by atoms with Gasteiger partial charge in [0.1, 0.15) is 0 Å². The van der Waals surface area contributed by atoms with E-state index in [1.807, 2.05) is 6.92 Å². The summed E-state index contributed by atoms with van der Waals surface area (Å²) in [5, 5.41) is 9.27. The number of hydrogen-bond donors (Lipinski definition) is 1. The van der Waals surface area contributed by atoms with Gasteiger partial charge in [0.15, 0.2) is 0 Å². The Morgan fingerprint density at radius 2 is 1.93 bits per heavy atom. The topological polar surface area (TPSA) is 46.5 Å². The molecule has 3 saturated carbocycles. The molecule has 3 aliphatic carbocycles. The van der Waals surface area contributed by atoms with Gasteiger partial charge in [-0.1, -0.05) is 0 Å². The largest absolute Gasteiger partial charge is 0.466 e. The Labute approximate surface area is 90.8 Å². The van der Waals surface area contributed by atoms with E-state index >= 15 is 0 Å². The van der Waals surface area contributed by atoms with Crippen LogP contribution in [-0.4, -0.2) is 23.3 Å². The van der Waals surface area contributed by atoms with E-state index in [0.29, 0.717) is 12.5 Å². The smallest absolute Gasteiger partial charge is 0.308 e. The number of esters is 1. The summed E-state index contributed by atoms with van der Waals surface area (Å²) in [5.74, 6) is 0.968. The zero-order chi connectivity index (χ0) is 10.9. The zero-order valence-electron chi connectivity index (χ0n) is 9.37. The molecule has 0 unspecified atom stereocenters. The highest BCUT2D eigenvalue weighted by atomic mass is 16.5. The fourth-order valence-corrected chi connectivity index (χ4v) is 1.74. The number of carbonyl (C=O) groups excluding carboxylic acids is 1. The lowest BCUT2D eigenvalue weighted by molar-refractivity contribution is -0.144. The second kappa shape index (κ2) is 4.12. The Morgan fingerprint density at radius 3 is 2.20 bits per heavy atom. The fourth-order valence-electron chi connectivity index (χ4n) is 1.74. The van der Waals surface area contributed by atoms with Crippen LogP contribution in [0, 0.1) is 11.8 Å². The van der Waals surface area contributed by atoms with E-state index < -0.39 is 0 Å². The lowest BCUT2D eigenvalue weighted by atomic mass is 10.2. The van der Waals surface area contributed by atoms with Gasteiger partial charge in [0, 0.05) is 0 Å². The average molecular weight is 212 g/mol. The average Bonchev–Trinajstić information content (AvgIpc) is 3.00. The van der Waals surface area contributed by atoms with E-state index in [0.717, 1.165) is 25.7 Å². The van der Waals surface area contributed by atoms with Crippen LogP contribution in [0.2, 0.25) is 0 Å². The molecule has 0 atom stereocenters. The molecule has 1 N–H and O–H groups in total. The minimum absolute atomic E-state index is 0.00694. The van der Waals surface area contributed by atoms with Gasteiger partial charge in [0.25, 0.3) is 0 Å². The Hall–Kier alpha value is -0.570. The van der Waals surface area contributed by atoms with Crippen LogP contribution in [0.3, 0.4) is 0 Å². The normalized spacial score (nSPS) is 26.3. The predicted molar refractivity (Wildman–Crippen MR) is 56.3 cm³/mol. The van der Waals surface area contributed by atoms with Crippen molar-refractivity contribution in [1.82, 2.24) is 0 Å². The summed E-state index contributed by atoms with van der Waals surface area (Å²) in [4.78, 5) is 10.6. The first-order chi connectivity index (χ1) is 7.15. The Bertz CT molecular complexity index is 237. The molecule has 3 heteroatoms. The van der Waals surface area contributed by atoms with Crippen LogP contribution in [0.4, 0.5) is 0 Å². The molecule has 0 aromatic rings. The highest BCUT2D eigenvalue weighted by Gasteiger charge is 2.52. The van der Waals surface area contributed by atoms with Crippen molar-refractivity contribution in [2.75, 3.05) is 6.61 Å². The summed E-state index contributed by atoms with van der Waals surface area (Å²) in [6.07, 6.45) is 6.82. The minimum Gasteiger partial charge on any atom is -0.466 e. The van der Waals surface area contributed by atoms with Crippen molar-refractivity contribution in [3.8, 4) is 0 Å². The standard InChI is InChI=1S/C6H10O2.C6H10O/c1-2-8-6(7)5-3-4-5;7-6(3-4-6)5-1-2-5/h5H,2-4H2,1H3;5,7H,1-4H2. The van der Waals surface area contributed by atoms with Crippen molar-refractivity contribution in [1.29, 1.82) is 0 Å². The van der Waals surface area contributed by atoms with Crippen LogP contribution in [-0.2, 0) is 9.53 Å². The van der Waals surface area contributed by atoms with Gasteiger partial charge < -0.3 is 9.84 Å². The molecular formula is C12H20O3. The molecule has 0 aromatic carbocycles. The van der Waals surface area contributed by atoms with E-state index in [-0.39, 0.29) is 17.5 Å². The molecule has 0 amide bonds. The maximum Gasteiger partial charge on any atom is 0.308 e. The van der Waals surface area contributed by atoms with Gasteiger partial charge in [-0.2, -0.15) is 0 Å². The van der Waals surface area contributed by atoms with Crippen LogP contribution in [0.5, 0.6) is 0 Å². The molecule has 3 aliphatic rings. The SMILES string of the molecule is CCOC(=O)C1CC1.OC1(C2CC2)CC1. The second-order valence-corrected chi connectivity index (χ2v) is 4.90. The monoisotopic (exact) mass is 212 g/mol. The van der Waals surface area contributed by atoms with Gasteiger partial charge in [0.2, 0.25) is 0 Å². The Morgan fingerprint density at radius 1 is 1.33 bits per heavy atom. The second-order valence-electron chi connectivity index (χ2n) is 4.90. The van der Waals surface area contributed by atoms with Crippen LogP contribution >= 0.6 is 0 Å². The molecule has 0 bridgehead atoms. The first-order valence-corrected chi connectivity index (χ1v) is 6.05. The van der Waals surface area contributed by atoms with Crippen LogP contribution in [0.1, 0.15) is 45.4 Å². The third-order valence-corrected chi connectivity index (χ3v) is 3.30. The lowest BCUT2D eigenvalue weighted by Crippen LogP contribution is -2.07. The molecule has 3 fully saturated rings. The van der Waals surface area contributed by atoms with Crippen molar-refractivity contribution in [2.24, 2.45) is 11.8 Å². The summed E-state index contributed by atoms with van der Waals surface area (Å²) in [7, 11) is 0. The predicted octanol–water partition coefficient (Wildman–Crippen LogP) is 1.88. The minimum atomic E-state index is -0.139. The summed E-state index contributed by atoms with van der Waals surface area (Å²) in [6.45, 7) is 2.36. The number of carbonyl (C=O) groups is 1. The van der Waals surface area contributed by atoms with Gasteiger partial charge in [-0.05, 0) is 51.4 Å². The quantitative estimate of drug-likeness (QED) is 0.726. The van der Waals surface area contributed by atoms with Crippen LogP contribution in [0.15, 0.2) is 0 Å². The molecule has 3 rings (SSSR count). The third-order valence-electron chi connectivity index (χ3n) is 3.30. The van der Waals surface area contributed by atoms with E-state index in [2.05, 4.69) is 0 Å². The van der Waals surface area contributed by atoms with Gasteiger partial charge >= 0.3 is 5.97 Å². The summed E-state index contributed by atoms with van der Waals surface area (Å²) in [6, 6.07) is 0. The van der Waals surface area contributed by atoms with Crippen molar-refractivity contribution >= 4 is 5.97 Å². The van der Waals surface area contributed by atoms with Crippen molar-refractivity contribution < 1.29 is 14.6 Å². The molecule has 3 nitrogen and oxygen atoms in total. The van der Waals surface area contributed by atoms with Crippen molar-refractivity contribution in [3.63, 3.8) is 0 Å². The molecular weight excluding hydrogens is 192 g/mol. The molecule has 0 saturated heterocycles. The molecule has 0 radical (unpaired) electrons. The molecule has 0 aliphatic heterocycles. The van der Waals surface area contributed by atoms with E-state index in [9.17, 15) is 9.90 Å². The van der Waals surface area contributed by atoms with Crippen molar-refractivity contribution in [2.45, 2.75) is 51.0 Å². The number of aliphatic hydroxyl groups is 1. The first kappa shape index (κ1) is 10.9. The molecule has 0 spiro atoms. The van der Waals surface area contributed by atoms with Gasteiger partial charge in [-0.3, -0.25) is 4.79 Å². The molecule has 0 aromatic heterocycles. The highest BCUT2D eigenvalue weighted by Crippen LogP contribution is 2.53. The Kier molecular flexibility index (Phi) is 3.01. The number of hydrogen-bond acceptors (Lipinski definition) is 3. The van der Waals surface area contributed by atoms with Crippen LogP contribution in [0.25, 0.3) is 0 Å². The van der Waals surface area contributed by atoms with Gasteiger partial charge in [-0.15, -0.1) is 0 Å². The van der Waals surface area contributed by atoms with E-state index in [1.54, 1.807) is 0 Å². The fraction of sp³-hybridized carbons (Fsp3) is 0.917. The third kappa shape index (κ3) is 3.20. The maximum absolute atomic E-state index is 10.6. The van der Waals surface area contributed by atoms with E-state index in [1.165, 1.54) is 12.8 Å². The van der Waals surface area contributed by atoms with E-state index in [4.69, 9.17) is 4.74 Å². The first-order valence-electron chi connectivity index (χ1n) is 6.05. The molecule has 0 heterocycles. The molecule has 15 heavy (non-hydrogen) atoms. The zero-order valence-corrected chi connectivity index (χ0v) is 9.37. The Balaban J connectivity index is 0.000000114. The van der Waals surface area contributed by atoms with Crippen LogP contribution < -0.4 is 0 Å². The van der Waals surface area contributed by atoms with Crippen molar-refractivity contribution in [3.05, 3.63) is 0 Å². The summed E-state index contributed by atoms with van der Waals surface area (Å²) >= 11 is 0.